The fourth-order valence-electron chi connectivity index (χ4n) is 6.38. The molecule has 0 amide bonds. The highest BCUT2D eigenvalue weighted by Gasteiger charge is 2.27. The number of hydrogen-bond donors (Lipinski definition) is 1. The summed E-state index contributed by atoms with van der Waals surface area (Å²) in [6, 6.07) is 37.0. The molecule has 0 atom stereocenters. The van der Waals surface area contributed by atoms with Crippen LogP contribution in [0.2, 0.25) is 15.1 Å². The Kier molecular flexibility index (Phi) is 10.7. The van der Waals surface area contributed by atoms with E-state index in [1.807, 2.05) is 54.6 Å². The summed E-state index contributed by atoms with van der Waals surface area (Å²) in [6.45, 7) is 0.250. The van der Waals surface area contributed by atoms with E-state index in [1.165, 1.54) is 10.4 Å². The van der Waals surface area contributed by atoms with Crippen LogP contribution in [-0.4, -0.2) is 43.5 Å². The summed E-state index contributed by atoms with van der Waals surface area (Å²) in [6.07, 6.45) is 1.85. The average Bonchev–Trinajstić information content (AvgIpc) is 3.38. The van der Waals surface area contributed by atoms with Gasteiger partial charge in [-0.15, -0.1) is 0 Å². The van der Waals surface area contributed by atoms with E-state index in [0.717, 1.165) is 39.5 Å². The highest BCUT2D eigenvalue weighted by Crippen LogP contribution is 2.38. The molecule has 0 bridgehead atoms. The Balaban J connectivity index is 1.53. The van der Waals surface area contributed by atoms with Crippen molar-refractivity contribution in [2.24, 2.45) is 0 Å². The molecule has 256 valence electrons. The lowest BCUT2D eigenvalue weighted by atomic mass is 9.97. The number of carboxylic acid groups (broad SMARTS) is 1. The van der Waals surface area contributed by atoms with Crippen molar-refractivity contribution in [3.05, 3.63) is 164 Å². The first-order valence-corrected chi connectivity index (χ1v) is 18.8. The van der Waals surface area contributed by atoms with Gasteiger partial charge in [0.05, 0.1) is 34.6 Å². The fraction of sp³-hybridized carbons (Fsp3) is 0.154. The van der Waals surface area contributed by atoms with Gasteiger partial charge in [0.15, 0.2) is 0 Å². The summed E-state index contributed by atoms with van der Waals surface area (Å²) < 4.78 is 36.2. The van der Waals surface area contributed by atoms with Crippen molar-refractivity contribution in [3.63, 3.8) is 0 Å². The Labute approximate surface area is 306 Å². The number of aromatic nitrogens is 1. The first kappa shape index (κ1) is 35.4. The van der Waals surface area contributed by atoms with E-state index in [0.29, 0.717) is 28.6 Å². The third kappa shape index (κ3) is 7.64. The number of rotatable bonds is 13. The van der Waals surface area contributed by atoms with Crippen LogP contribution in [0.1, 0.15) is 38.8 Å². The number of halogens is 3. The van der Waals surface area contributed by atoms with Crippen LogP contribution in [0.5, 0.6) is 5.75 Å². The number of fused-ring (bicyclic) bond motifs is 1. The number of anilines is 1. The number of hydrogen-bond acceptors (Lipinski definition) is 4. The van der Waals surface area contributed by atoms with Crippen molar-refractivity contribution in [1.82, 2.24) is 4.57 Å². The van der Waals surface area contributed by atoms with E-state index < -0.39 is 16.0 Å². The number of carboxylic acids is 1. The van der Waals surface area contributed by atoms with Crippen molar-refractivity contribution >= 4 is 67.4 Å². The Bertz CT molecular complexity index is 2220. The van der Waals surface area contributed by atoms with Crippen LogP contribution in [0.3, 0.4) is 0 Å². The van der Waals surface area contributed by atoms with Gasteiger partial charge >= 0.3 is 5.97 Å². The lowest BCUT2D eigenvalue weighted by Crippen LogP contribution is -2.32. The van der Waals surface area contributed by atoms with Gasteiger partial charge in [-0.3, -0.25) is 4.31 Å². The van der Waals surface area contributed by atoms with Crippen LogP contribution < -0.4 is 9.04 Å². The van der Waals surface area contributed by atoms with Crippen LogP contribution in [0.4, 0.5) is 5.69 Å². The summed E-state index contributed by atoms with van der Waals surface area (Å²) >= 11 is 19.2. The SMILES string of the molecule is CS(=O)(=O)N(CCc1c(CCOc2ccccc2C(=O)O)c2cc(Cl)ccc2n1C(c1ccccc1)c1ccccc1)c1ccc(Cl)c(Cl)c1. The standard InChI is InChI=1S/C39H33Cl3N2O5S/c1-50(47,48)43(29-17-18-33(41)34(42)25-29)22-20-36-30(21-23-49-37-15-9-8-14-31(37)39(45)46)32-24-28(40)16-19-35(32)44(36)38(26-10-4-2-5-11-26)27-12-6-3-7-13-27/h2-19,24-25,38H,20-23H2,1H3,(H,45,46). The lowest BCUT2D eigenvalue weighted by Gasteiger charge is -2.27. The first-order valence-electron chi connectivity index (χ1n) is 15.8. The van der Waals surface area contributed by atoms with E-state index in [4.69, 9.17) is 39.5 Å². The van der Waals surface area contributed by atoms with Gasteiger partial charge in [0, 0.05) is 41.0 Å². The largest absolute Gasteiger partial charge is 0.492 e. The van der Waals surface area contributed by atoms with Gasteiger partial charge in [0.25, 0.3) is 0 Å². The Morgan fingerprint density at radius 1 is 0.800 bits per heavy atom. The second-order valence-electron chi connectivity index (χ2n) is 11.8. The second kappa shape index (κ2) is 15.2. The number of ether oxygens (including phenoxy) is 1. The van der Waals surface area contributed by atoms with E-state index in [-0.39, 0.29) is 35.5 Å². The number of nitrogens with zero attached hydrogens (tertiary/aromatic N) is 2. The average molecular weight is 748 g/mol. The molecule has 50 heavy (non-hydrogen) atoms. The van der Waals surface area contributed by atoms with Crippen molar-refractivity contribution in [3.8, 4) is 5.75 Å². The molecule has 11 heteroatoms. The van der Waals surface area contributed by atoms with Crippen molar-refractivity contribution < 1.29 is 23.1 Å². The molecular formula is C39H33Cl3N2O5S. The fourth-order valence-corrected chi connectivity index (χ4v) is 7.76. The maximum Gasteiger partial charge on any atom is 0.339 e. The van der Waals surface area contributed by atoms with Gasteiger partial charge < -0.3 is 14.4 Å². The van der Waals surface area contributed by atoms with E-state index in [9.17, 15) is 18.3 Å². The van der Waals surface area contributed by atoms with Crippen molar-refractivity contribution in [2.75, 3.05) is 23.7 Å². The monoisotopic (exact) mass is 746 g/mol. The predicted molar refractivity (Wildman–Crippen MR) is 202 cm³/mol. The highest BCUT2D eigenvalue weighted by molar-refractivity contribution is 7.92. The maximum absolute atomic E-state index is 13.3. The summed E-state index contributed by atoms with van der Waals surface area (Å²) in [4.78, 5) is 11.9. The third-order valence-corrected chi connectivity index (χ3v) is 10.7. The lowest BCUT2D eigenvalue weighted by molar-refractivity contribution is 0.0692. The summed E-state index contributed by atoms with van der Waals surface area (Å²) in [5.41, 5.74) is 5.23. The van der Waals surface area contributed by atoms with E-state index in [2.05, 4.69) is 28.8 Å². The van der Waals surface area contributed by atoms with Crippen LogP contribution in [-0.2, 0) is 22.9 Å². The zero-order chi connectivity index (χ0) is 35.4. The van der Waals surface area contributed by atoms with E-state index >= 15 is 0 Å². The van der Waals surface area contributed by atoms with Gasteiger partial charge in [-0.05, 0) is 65.2 Å². The molecule has 6 rings (SSSR count). The van der Waals surface area contributed by atoms with Crippen molar-refractivity contribution in [2.45, 2.75) is 18.9 Å². The molecule has 6 aromatic rings. The molecule has 0 aliphatic heterocycles. The topological polar surface area (TPSA) is 88.8 Å². The normalized spacial score (nSPS) is 11.6. The van der Waals surface area contributed by atoms with E-state index in [1.54, 1.807) is 36.4 Å². The molecule has 1 heterocycles. The van der Waals surface area contributed by atoms with Crippen molar-refractivity contribution in [1.29, 1.82) is 0 Å². The summed E-state index contributed by atoms with van der Waals surface area (Å²) in [5, 5.41) is 11.7. The quantitative estimate of drug-likeness (QED) is 0.127. The van der Waals surface area contributed by atoms with Gasteiger partial charge in [-0.2, -0.15) is 0 Å². The Morgan fingerprint density at radius 2 is 1.44 bits per heavy atom. The number of benzene rings is 5. The molecule has 0 saturated heterocycles. The Morgan fingerprint density at radius 3 is 2.06 bits per heavy atom. The van der Waals surface area contributed by atoms with Crippen LogP contribution in [0, 0.1) is 0 Å². The molecule has 7 nitrogen and oxygen atoms in total. The third-order valence-electron chi connectivity index (χ3n) is 8.54. The molecular weight excluding hydrogens is 715 g/mol. The molecule has 0 fully saturated rings. The van der Waals surface area contributed by atoms with Crippen LogP contribution >= 0.6 is 34.8 Å². The molecule has 0 aliphatic carbocycles. The first-order chi connectivity index (χ1) is 24.0. The minimum atomic E-state index is -3.75. The summed E-state index contributed by atoms with van der Waals surface area (Å²) in [5.74, 6) is -0.820. The highest BCUT2D eigenvalue weighted by atomic mass is 35.5. The zero-order valence-electron chi connectivity index (χ0n) is 27.0. The molecule has 0 spiro atoms. The second-order valence-corrected chi connectivity index (χ2v) is 14.9. The predicted octanol–water partition coefficient (Wildman–Crippen LogP) is 9.57. The van der Waals surface area contributed by atoms with Gasteiger partial charge in [-0.25, -0.2) is 13.2 Å². The van der Waals surface area contributed by atoms with Gasteiger partial charge in [0.1, 0.15) is 11.3 Å². The molecule has 0 saturated carbocycles. The molecule has 0 unspecified atom stereocenters. The van der Waals surface area contributed by atoms with Crippen LogP contribution in [0.25, 0.3) is 10.9 Å². The smallest absolute Gasteiger partial charge is 0.339 e. The molecule has 0 aliphatic rings. The van der Waals surface area contributed by atoms with Gasteiger partial charge in [0.2, 0.25) is 10.0 Å². The number of para-hydroxylation sites is 1. The minimum Gasteiger partial charge on any atom is -0.492 e. The molecule has 5 aromatic carbocycles. The molecule has 0 radical (unpaired) electrons. The zero-order valence-corrected chi connectivity index (χ0v) is 30.1. The molecule has 1 N–H and O–H groups in total. The number of carbonyl (C=O) groups is 1. The maximum atomic E-state index is 13.3. The minimum absolute atomic E-state index is 0.0665. The summed E-state index contributed by atoms with van der Waals surface area (Å²) in [7, 11) is -3.75. The molecule has 1 aromatic heterocycles. The number of aromatic carboxylic acids is 1. The Hall–Kier alpha value is -4.47. The van der Waals surface area contributed by atoms with Crippen LogP contribution in [0.15, 0.2) is 121 Å². The number of sulfonamides is 1. The van der Waals surface area contributed by atoms with Gasteiger partial charge in [-0.1, -0.05) is 108 Å².